The summed E-state index contributed by atoms with van der Waals surface area (Å²) >= 11 is 0. The lowest BCUT2D eigenvalue weighted by Gasteiger charge is -2.04. The molecule has 72 valence electrons. The molecule has 0 saturated heterocycles. The Hall–Kier alpha value is -1.31. The van der Waals surface area contributed by atoms with E-state index in [1.54, 1.807) is 0 Å². The van der Waals surface area contributed by atoms with Gasteiger partial charge in [-0.3, -0.25) is 4.79 Å². The molecular weight excluding hydrogens is 176 g/mol. The molecule has 0 heterocycles. The van der Waals surface area contributed by atoms with Crippen LogP contribution in [0.3, 0.4) is 0 Å². The van der Waals surface area contributed by atoms with Gasteiger partial charge in [0.05, 0.1) is 0 Å². The van der Waals surface area contributed by atoms with Crippen molar-refractivity contribution in [1.29, 1.82) is 0 Å². The molecular formula is C12H12O2. The SMILES string of the molecule is O=C(O)C[C@H]1[C@@H]2Cc3ccccc3[C@H]12. The van der Waals surface area contributed by atoms with Gasteiger partial charge in [0.1, 0.15) is 0 Å². The summed E-state index contributed by atoms with van der Waals surface area (Å²) in [6, 6.07) is 8.44. The van der Waals surface area contributed by atoms with E-state index in [9.17, 15) is 4.79 Å². The number of aliphatic carboxylic acids is 1. The van der Waals surface area contributed by atoms with Crippen molar-refractivity contribution >= 4 is 5.97 Å². The Morgan fingerprint density at radius 1 is 1.43 bits per heavy atom. The number of hydrogen-bond donors (Lipinski definition) is 1. The van der Waals surface area contributed by atoms with Crippen LogP contribution in [0, 0.1) is 11.8 Å². The van der Waals surface area contributed by atoms with Gasteiger partial charge in [-0.2, -0.15) is 0 Å². The predicted molar refractivity (Wildman–Crippen MR) is 52.1 cm³/mol. The van der Waals surface area contributed by atoms with Crippen LogP contribution >= 0.6 is 0 Å². The maximum absolute atomic E-state index is 10.6. The molecule has 1 aromatic rings. The minimum absolute atomic E-state index is 0.351. The third-order valence-electron chi connectivity index (χ3n) is 3.61. The van der Waals surface area contributed by atoms with Crippen molar-refractivity contribution in [2.75, 3.05) is 0 Å². The summed E-state index contributed by atoms with van der Waals surface area (Å²) in [5, 5.41) is 8.73. The Morgan fingerprint density at radius 3 is 3.00 bits per heavy atom. The van der Waals surface area contributed by atoms with Gasteiger partial charge in [-0.1, -0.05) is 24.3 Å². The first-order valence-electron chi connectivity index (χ1n) is 5.07. The third kappa shape index (κ3) is 0.999. The van der Waals surface area contributed by atoms with Crippen LogP contribution in [-0.2, 0) is 11.2 Å². The van der Waals surface area contributed by atoms with Crippen molar-refractivity contribution in [2.24, 2.45) is 11.8 Å². The van der Waals surface area contributed by atoms with E-state index < -0.39 is 5.97 Å². The van der Waals surface area contributed by atoms with Gasteiger partial charge in [0.2, 0.25) is 0 Å². The first-order valence-corrected chi connectivity index (χ1v) is 5.07. The maximum Gasteiger partial charge on any atom is 0.303 e. The Kier molecular flexibility index (Phi) is 1.49. The Balaban J connectivity index is 1.84. The fourth-order valence-corrected chi connectivity index (χ4v) is 2.96. The van der Waals surface area contributed by atoms with E-state index in [-0.39, 0.29) is 0 Å². The topological polar surface area (TPSA) is 37.3 Å². The minimum Gasteiger partial charge on any atom is -0.481 e. The molecule has 3 atom stereocenters. The second-order valence-electron chi connectivity index (χ2n) is 4.35. The molecule has 1 aromatic carbocycles. The van der Waals surface area contributed by atoms with Gasteiger partial charge in [0, 0.05) is 6.42 Å². The Labute approximate surface area is 82.6 Å². The number of fused-ring (bicyclic) bond motifs is 3. The van der Waals surface area contributed by atoms with Crippen LogP contribution in [0.25, 0.3) is 0 Å². The lowest BCUT2D eigenvalue weighted by atomic mass is 10.0. The number of carboxylic acid groups (broad SMARTS) is 1. The summed E-state index contributed by atoms with van der Waals surface area (Å²) in [6.07, 6.45) is 1.45. The molecule has 3 rings (SSSR count). The number of carbonyl (C=O) groups is 1. The Bertz CT molecular complexity index is 397. The number of hydrogen-bond acceptors (Lipinski definition) is 1. The standard InChI is InChI=1S/C12H12O2/c13-11(14)6-10-9-5-7-3-1-2-4-8(7)12(9)10/h1-4,9-10,12H,5-6H2,(H,13,14)/t9-,10-,12-/m0/s1. The number of rotatable bonds is 2. The molecule has 0 bridgehead atoms. The van der Waals surface area contributed by atoms with Crippen LogP contribution in [0.4, 0.5) is 0 Å². The van der Waals surface area contributed by atoms with Crippen LogP contribution in [0.15, 0.2) is 24.3 Å². The fourth-order valence-electron chi connectivity index (χ4n) is 2.96. The third-order valence-corrected chi connectivity index (χ3v) is 3.61. The molecule has 2 aliphatic rings. The van der Waals surface area contributed by atoms with Crippen molar-refractivity contribution in [1.82, 2.24) is 0 Å². The van der Waals surface area contributed by atoms with E-state index in [1.165, 1.54) is 11.1 Å². The van der Waals surface area contributed by atoms with E-state index in [2.05, 4.69) is 24.3 Å². The molecule has 1 N–H and O–H groups in total. The lowest BCUT2D eigenvalue weighted by molar-refractivity contribution is -0.137. The van der Waals surface area contributed by atoms with Crippen LogP contribution in [0.1, 0.15) is 23.5 Å². The lowest BCUT2D eigenvalue weighted by Crippen LogP contribution is -2.01. The number of carboxylic acids is 1. The average Bonchev–Trinajstić information content (AvgIpc) is 2.68. The second-order valence-corrected chi connectivity index (χ2v) is 4.35. The molecule has 2 nitrogen and oxygen atoms in total. The molecule has 0 unspecified atom stereocenters. The molecule has 0 spiro atoms. The van der Waals surface area contributed by atoms with Crippen molar-refractivity contribution in [3.05, 3.63) is 35.4 Å². The quantitative estimate of drug-likeness (QED) is 0.771. The minimum atomic E-state index is -0.651. The maximum atomic E-state index is 10.6. The van der Waals surface area contributed by atoms with Gasteiger partial charge < -0.3 is 5.11 Å². The zero-order chi connectivity index (χ0) is 9.71. The first kappa shape index (κ1) is 8.04. The highest BCUT2D eigenvalue weighted by Gasteiger charge is 2.55. The van der Waals surface area contributed by atoms with Crippen LogP contribution in [-0.4, -0.2) is 11.1 Å². The van der Waals surface area contributed by atoms with Gasteiger partial charge in [-0.15, -0.1) is 0 Å². The highest BCUT2D eigenvalue weighted by Crippen LogP contribution is 2.62. The van der Waals surface area contributed by atoms with E-state index in [0.29, 0.717) is 24.2 Å². The summed E-state index contributed by atoms with van der Waals surface area (Å²) in [6.45, 7) is 0. The highest BCUT2D eigenvalue weighted by atomic mass is 16.4. The smallest absolute Gasteiger partial charge is 0.303 e. The van der Waals surface area contributed by atoms with Crippen molar-refractivity contribution in [3.63, 3.8) is 0 Å². The summed E-state index contributed by atoms with van der Waals surface area (Å²) < 4.78 is 0. The zero-order valence-electron chi connectivity index (χ0n) is 7.81. The van der Waals surface area contributed by atoms with E-state index in [0.717, 1.165) is 6.42 Å². The Morgan fingerprint density at radius 2 is 2.21 bits per heavy atom. The average molecular weight is 188 g/mol. The molecule has 0 amide bonds. The van der Waals surface area contributed by atoms with Crippen molar-refractivity contribution in [2.45, 2.75) is 18.8 Å². The summed E-state index contributed by atoms with van der Waals surface area (Å²) in [4.78, 5) is 10.6. The van der Waals surface area contributed by atoms with Crippen LogP contribution in [0.5, 0.6) is 0 Å². The van der Waals surface area contributed by atoms with Crippen molar-refractivity contribution < 1.29 is 9.90 Å². The van der Waals surface area contributed by atoms with Gasteiger partial charge >= 0.3 is 5.97 Å². The fraction of sp³-hybridized carbons (Fsp3) is 0.417. The van der Waals surface area contributed by atoms with Gasteiger partial charge in [0.15, 0.2) is 0 Å². The highest BCUT2D eigenvalue weighted by molar-refractivity contribution is 5.68. The van der Waals surface area contributed by atoms with Gasteiger partial charge in [0.25, 0.3) is 0 Å². The van der Waals surface area contributed by atoms with E-state index in [4.69, 9.17) is 5.11 Å². The summed E-state index contributed by atoms with van der Waals surface area (Å²) in [7, 11) is 0. The summed E-state index contributed by atoms with van der Waals surface area (Å²) in [5.74, 6) is 0.954. The zero-order valence-corrected chi connectivity index (χ0v) is 7.81. The molecule has 1 saturated carbocycles. The molecule has 14 heavy (non-hydrogen) atoms. The molecule has 2 heteroatoms. The molecule has 0 aliphatic heterocycles. The molecule has 0 aromatic heterocycles. The van der Waals surface area contributed by atoms with E-state index >= 15 is 0 Å². The van der Waals surface area contributed by atoms with Gasteiger partial charge in [-0.25, -0.2) is 0 Å². The molecule has 0 radical (unpaired) electrons. The second kappa shape index (κ2) is 2.59. The molecule has 2 aliphatic carbocycles. The largest absolute Gasteiger partial charge is 0.481 e. The normalized spacial score (nSPS) is 32.1. The van der Waals surface area contributed by atoms with E-state index in [1.807, 2.05) is 0 Å². The monoisotopic (exact) mass is 188 g/mol. The summed E-state index contributed by atoms with van der Waals surface area (Å²) in [5.41, 5.74) is 2.84. The molecule has 1 fully saturated rings. The first-order chi connectivity index (χ1) is 6.77. The van der Waals surface area contributed by atoms with Crippen molar-refractivity contribution in [3.8, 4) is 0 Å². The van der Waals surface area contributed by atoms with Gasteiger partial charge in [-0.05, 0) is 35.3 Å². The van der Waals surface area contributed by atoms with Crippen LogP contribution in [0.2, 0.25) is 0 Å². The van der Waals surface area contributed by atoms with Crippen LogP contribution < -0.4 is 0 Å². The predicted octanol–water partition coefficient (Wildman–Crippen LogP) is 2.05. The number of benzene rings is 1.